The van der Waals surface area contributed by atoms with E-state index in [0.717, 1.165) is 18.2 Å². The zero-order valence-corrected chi connectivity index (χ0v) is 15.4. The van der Waals surface area contributed by atoms with Gasteiger partial charge in [-0.2, -0.15) is 16.8 Å². The molecular weight excluding hydrogens is 412 g/mol. The van der Waals surface area contributed by atoms with E-state index in [1.165, 1.54) is 6.08 Å². The maximum Gasteiger partial charge on any atom is 0.292 e. The SMILES string of the molecule is [N-]=[N+]=NC1=C(N=[N+]=[N-])C(S(=O)(=O)O)(S(=O)(=O)O)C(C=Cc2ccccc2)C=C1. The van der Waals surface area contributed by atoms with Gasteiger partial charge in [-0.1, -0.05) is 64.9 Å². The van der Waals surface area contributed by atoms with Crippen molar-refractivity contribution in [2.45, 2.75) is 4.08 Å². The lowest BCUT2D eigenvalue weighted by Crippen LogP contribution is -2.53. The van der Waals surface area contributed by atoms with Gasteiger partial charge in [0.1, 0.15) is 0 Å². The lowest BCUT2D eigenvalue weighted by Gasteiger charge is -2.35. The Labute approximate surface area is 159 Å². The van der Waals surface area contributed by atoms with E-state index in [9.17, 15) is 25.9 Å². The number of allylic oxidation sites excluding steroid dienone is 3. The van der Waals surface area contributed by atoms with E-state index in [-0.39, 0.29) is 0 Å². The molecule has 12 nitrogen and oxygen atoms in total. The van der Waals surface area contributed by atoms with Crippen molar-refractivity contribution in [3.63, 3.8) is 0 Å². The monoisotopic (exact) mass is 424 g/mol. The highest BCUT2D eigenvalue weighted by Gasteiger charge is 2.63. The van der Waals surface area contributed by atoms with Crippen molar-refractivity contribution >= 4 is 26.3 Å². The van der Waals surface area contributed by atoms with Crippen LogP contribution in [0.5, 0.6) is 0 Å². The zero-order chi connectivity index (χ0) is 21.0. The lowest BCUT2D eigenvalue weighted by molar-refractivity contribution is 0.417. The number of azide groups is 2. The van der Waals surface area contributed by atoms with Crippen LogP contribution in [0.1, 0.15) is 5.56 Å². The first-order valence-corrected chi connectivity index (χ1v) is 10.2. The van der Waals surface area contributed by atoms with Crippen molar-refractivity contribution < 1.29 is 25.9 Å². The second kappa shape index (κ2) is 7.86. The lowest BCUT2D eigenvalue weighted by atomic mass is 9.94. The first-order valence-electron chi connectivity index (χ1n) is 7.30. The molecule has 0 aliphatic heterocycles. The van der Waals surface area contributed by atoms with Crippen molar-refractivity contribution in [2.24, 2.45) is 16.1 Å². The molecular formula is C14H12N6O6S2. The Morgan fingerprint density at radius 3 is 2.07 bits per heavy atom. The van der Waals surface area contributed by atoms with Gasteiger partial charge < -0.3 is 0 Å². The molecule has 1 aliphatic carbocycles. The van der Waals surface area contributed by atoms with Crippen LogP contribution in [-0.2, 0) is 20.2 Å². The first kappa shape index (κ1) is 21.2. The molecule has 0 bridgehead atoms. The van der Waals surface area contributed by atoms with Gasteiger partial charge in [-0.25, -0.2) is 0 Å². The van der Waals surface area contributed by atoms with Gasteiger partial charge in [-0.15, -0.1) is 0 Å². The smallest absolute Gasteiger partial charge is 0.284 e. The summed E-state index contributed by atoms with van der Waals surface area (Å²) in [5, 5.41) is 6.10. The zero-order valence-electron chi connectivity index (χ0n) is 13.8. The van der Waals surface area contributed by atoms with Crippen LogP contribution in [0.15, 0.2) is 70.2 Å². The summed E-state index contributed by atoms with van der Waals surface area (Å²) in [5.41, 5.74) is 16.0. The number of rotatable bonds is 6. The Hall–Kier alpha value is -3.12. The van der Waals surface area contributed by atoms with Crippen LogP contribution in [0.3, 0.4) is 0 Å². The molecule has 1 atom stereocenters. The summed E-state index contributed by atoms with van der Waals surface area (Å²) < 4.78 is 64.9. The van der Waals surface area contributed by atoms with Crippen LogP contribution >= 0.6 is 0 Å². The van der Waals surface area contributed by atoms with E-state index in [1.807, 2.05) is 0 Å². The van der Waals surface area contributed by atoms with Crippen molar-refractivity contribution in [3.05, 3.63) is 86.4 Å². The molecule has 14 heteroatoms. The van der Waals surface area contributed by atoms with E-state index in [4.69, 9.17) is 11.1 Å². The molecule has 0 saturated carbocycles. The van der Waals surface area contributed by atoms with Crippen LogP contribution in [0.25, 0.3) is 27.0 Å². The second-order valence-corrected chi connectivity index (χ2v) is 8.83. The summed E-state index contributed by atoms with van der Waals surface area (Å²) >= 11 is 0. The molecule has 28 heavy (non-hydrogen) atoms. The maximum atomic E-state index is 12.2. The highest BCUT2D eigenvalue weighted by Crippen LogP contribution is 2.46. The van der Waals surface area contributed by atoms with E-state index < -0.39 is 41.6 Å². The minimum atomic E-state index is -5.67. The molecule has 2 rings (SSSR count). The maximum absolute atomic E-state index is 12.2. The van der Waals surface area contributed by atoms with Gasteiger partial charge in [0.25, 0.3) is 24.3 Å². The van der Waals surface area contributed by atoms with Crippen LogP contribution < -0.4 is 0 Å². The third kappa shape index (κ3) is 3.64. The molecule has 0 fully saturated rings. The van der Waals surface area contributed by atoms with E-state index in [2.05, 4.69) is 20.1 Å². The molecule has 146 valence electrons. The van der Waals surface area contributed by atoms with Gasteiger partial charge >= 0.3 is 0 Å². The average Bonchev–Trinajstić information content (AvgIpc) is 2.60. The fourth-order valence-electron chi connectivity index (χ4n) is 2.72. The summed E-state index contributed by atoms with van der Waals surface area (Å²) in [7, 11) is -11.3. The molecule has 0 amide bonds. The molecule has 0 spiro atoms. The standard InChI is InChI=1S/C14H12N6O6S2/c15-19-17-12-9-8-11(7-6-10-4-2-1-3-5-10)14(27(21,22)23,28(24,25)26)13(12)18-20-16/h1-9,11H,(H,21,22,23)(H,24,25,26). The minimum Gasteiger partial charge on any atom is -0.284 e. The number of benzene rings is 1. The summed E-state index contributed by atoms with van der Waals surface area (Å²) in [6.45, 7) is 0. The van der Waals surface area contributed by atoms with Gasteiger partial charge in [0.2, 0.25) is 0 Å². The van der Waals surface area contributed by atoms with E-state index >= 15 is 0 Å². The molecule has 0 radical (unpaired) electrons. The van der Waals surface area contributed by atoms with Gasteiger partial charge in [0, 0.05) is 21.4 Å². The summed E-state index contributed by atoms with van der Waals surface area (Å²) in [4.78, 5) is 4.74. The van der Waals surface area contributed by atoms with Crippen molar-refractivity contribution in [1.82, 2.24) is 0 Å². The first-order chi connectivity index (χ1) is 13.1. The molecule has 0 saturated heterocycles. The van der Waals surface area contributed by atoms with Gasteiger partial charge in [0.15, 0.2) is 0 Å². The normalized spacial score (nSPS) is 19.1. The van der Waals surface area contributed by atoms with Gasteiger partial charge in [-0.05, 0) is 16.6 Å². The molecule has 2 N–H and O–H groups in total. The molecule has 1 aliphatic rings. The topological polar surface area (TPSA) is 206 Å². The predicted octanol–water partition coefficient (Wildman–Crippen LogP) is 3.19. The largest absolute Gasteiger partial charge is 0.292 e. The summed E-state index contributed by atoms with van der Waals surface area (Å²) in [6, 6.07) is 8.30. The van der Waals surface area contributed by atoms with Crippen LogP contribution in [0.2, 0.25) is 0 Å². The number of nitrogens with zero attached hydrogens (tertiary/aromatic N) is 6. The Kier molecular flexibility index (Phi) is 5.95. The molecule has 1 unspecified atom stereocenters. The van der Waals surface area contributed by atoms with E-state index in [0.29, 0.717) is 5.56 Å². The van der Waals surface area contributed by atoms with Gasteiger partial charge in [0.05, 0.1) is 5.70 Å². The molecule has 0 aromatic heterocycles. The highest BCUT2D eigenvalue weighted by molar-refractivity contribution is 8.05. The number of hydrogen-bond donors (Lipinski definition) is 2. The predicted molar refractivity (Wildman–Crippen MR) is 99.3 cm³/mol. The Balaban J connectivity index is 2.90. The molecule has 1 aromatic rings. The van der Waals surface area contributed by atoms with Crippen molar-refractivity contribution in [3.8, 4) is 0 Å². The van der Waals surface area contributed by atoms with Crippen LogP contribution in [0.4, 0.5) is 0 Å². The van der Waals surface area contributed by atoms with Crippen molar-refractivity contribution in [1.29, 1.82) is 0 Å². The summed E-state index contributed by atoms with van der Waals surface area (Å²) in [5.74, 6) is -1.73. The highest BCUT2D eigenvalue weighted by atomic mass is 32.3. The fourth-order valence-corrected chi connectivity index (χ4v) is 5.57. The Morgan fingerprint density at radius 2 is 1.57 bits per heavy atom. The molecule has 1 aromatic carbocycles. The molecule has 0 heterocycles. The van der Waals surface area contributed by atoms with Crippen LogP contribution in [0, 0.1) is 5.92 Å². The fraction of sp³-hybridized carbons (Fsp3) is 0.143. The second-order valence-electron chi connectivity index (χ2n) is 5.39. The third-order valence-corrected chi connectivity index (χ3v) is 7.56. The Bertz CT molecular complexity index is 1140. The quantitative estimate of drug-likeness (QED) is 0.303. The van der Waals surface area contributed by atoms with Crippen LogP contribution in [-0.4, -0.2) is 30.0 Å². The average molecular weight is 424 g/mol. The number of hydrogen-bond acceptors (Lipinski definition) is 6. The minimum absolute atomic E-state index is 0.547. The van der Waals surface area contributed by atoms with Gasteiger partial charge in [-0.3, -0.25) is 9.11 Å². The third-order valence-electron chi connectivity index (χ3n) is 3.83. The summed E-state index contributed by atoms with van der Waals surface area (Å²) in [6.07, 6.45) is 4.40. The van der Waals surface area contributed by atoms with Crippen molar-refractivity contribution in [2.75, 3.05) is 0 Å². The van der Waals surface area contributed by atoms with E-state index in [1.54, 1.807) is 30.3 Å². The Morgan fingerprint density at radius 1 is 1.00 bits per heavy atom.